The zero-order valence-corrected chi connectivity index (χ0v) is 17.4. The zero-order chi connectivity index (χ0) is 21.3. The van der Waals surface area contributed by atoms with Gasteiger partial charge in [-0.05, 0) is 47.9 Å². The van der Waals surface area contributed by atoms with Crippen LogP contribution in [0.5, 0.6) is 0 Å². The second-order valence-electron chi connectivity index (χ2n) is 8.72. The van der Waals surface area contributed by atoms with E-state index in [4.69, 9.17) is 9.47 Å². The van der Waals surface area contributed by atoms with E-state index in [0.29, 0.717) is 37.4 Å². The van der Waals surface area contributed by atoms with Gasteiger partial charge in [0, 0.05) is 50.3 Å². The summed E-state index contributed by atoms with van der Waals surface area (Å²) in [6.07, 6.45) is 7.11. The van der Waals surface area contributed by atoms with Gasteiger partial charge in [0.05, 0.1) is 18.8 Å². The number of aromatic nitrogens is 2. The maximum Gasteiger partial charge on any atom is 0.254 e. The first-order chi connectivity index (χ1) is 15.1. The van der Waals surface area contributed by atoms with Crippen LogP contribution in [0.2, 0.25) is 0 Å². The Bertz CT molecular complexity index is 975. The number of fused-ring (bicyclic) bond motifs is 1. The van der Waals surface area contributed by atoms with E-state index in [-0.39, 0.29) is 23.3 Å². The van der Waals surface area contributed by atoms with Crippen molar-refractivity contribution in [1.82, 2.24) is 20.2 Å². The molecule has 1 N–H and O–H groups in total. The number of nitrogens with one attached hydrogen (secondary N) is 1. The molecule has 4 heterocycles. The Hall–Kier alpha value is -2.84. The van der Waals surface area contributed by atoms with Crippen molar-refractivity contribution in [2.24, 2.45) is 5.41 Å². The van der Waals surface area contributed by atoms with E-state index in [1.165, 1.54) is 18.7 Å². The van der Waals surface area contributed by atoms with Gasteiger partial charge in [0.1, 0.15) is 6.33 Å². The molecule has 162 valence electrons. The molecule has 8 nitrogen and oxygen atoms in total. The summed E-state index contributed by atoms with van der Waals surface area (Å²) in [6, 6.07) is 5.77. The largest absolute Gasteiger partial charge is 0.381 e. The molecule has 2 amide bonds. The van der Waals surface area contributed by atoms with Crippen LogP contribution in [0.4, 0.5) is 0 Å². The number of rotatable bonds is 4. The highest BCUT2D eigenvalue weighted by atomic mass is 16.5. The number of likely N-dealkylation sites (tertiary alicyclic amines) is 1. The van der Waals surface area contributed by atoms with Crippen molar-refractivity contribution in [2.75, 3.05) is 26.3 Å². The lowest BCUT2D eigenvalue weighted by Gasteiger charge is -2.33. The highest BCUT2D eigenvalue weighted by Gasteiger charge is 2.46. The maximum absolute atomic E-state index is 13.5. The van der Waals surface area contributed by atoms with Gasteiger partial charge in [-0.1, -0.05) is 6.07 Å². The smallest absolute Gasteiger partial charge is 0.254 e. The molecule has 2 fully saturated rings. The number of hydrogen-bond donors (Lipinski definition) is 1. The SMILES string of the molecule is O=C(NCC1CC2(CCOCC2)CN1C(=O)c1ccc2c(c1)COC2)c1cncnc1. The fraction of sp³-hybridized carbons (Fsp3) is 0.478. The number of ether oxygens (including phenoxy) is 2. The molecule has 1 aromatic carbocycles. The summed E-state index contributed by atoms with van der Waals surface area (Å²) in [6.45, 7) is 3.69. The lowest BCUT2D eigenvalue weighted by atomic mass is 9.78. The molecule has 1 atom stereocenters. The molecule has 1 aromatic heterocycles. The zero-order valence-electron chi connectivity index (χ0n) is 17.4. The quantitative estimate of drug-likeness (QED) is 0.810. The van der Waals surface area contributed by atoms with Crippen LogP contribution in [0.1, 0.15) is 51.1 Å². The summed E-state index contributed by atoms with van der Waals surface area (Å²) in [7, 11) is 0. The molecule has 0 aliphatic carbocycles. The minimum atomic E-state index is -0.226. The van der Waals surface area contributed by atoms with Gasteiger partial charge in [0.15, 0.2) is 0 Å². The minimum absolute atomic E-state index is 0.0142. The first-order valence-electron chi connectivity index (χ1n) is 10.8. The number of nitrogens with zero attached hydrogens (tertiary/aromatic N) is 3. The molecule has 5 rings (SSSR count). The van der Waals surface area contributed by atoms with E-state index in [1.54, 1.807) is 0 Å². The molecule has 0 radical (unpaired) electrons. The average Bonchev–Trinajstić information content (AvgIpc) is 3.42. The fourth-order valence-electron chi connectivity index (χ4n) is 4.95. The first kappa shape index (κ1) is 20.1. The summed E-state index contributed by atoms with van der Waals surface area (Å²) in [5.74, 6) is -0.212. The highest BCUT2D eigenvalue weighted by molar-refractivity contribution is 5.95. The van der Waals surface area contributed by atoms with Crippen LogP contribution >= 0.6 is 0 Å². The van der Waals surface area contributed by atoms with Crippen molar-refractivity contribution in [1.29, 1.82) is 0 Å². The van der Waals surface area contributed by atoms with E-state index in [1.807, 2.05) is 23.1 Å². The molecular formula is C23H26N4O4. The van der Waals surface area contributed by atoms with E-state index in [0.717, 1.165) is 43.6 Å². The second-order valence-corrected chi connectivity index (χ2v) is 8.72. The lowest BCUT2D eigenvalue weighted by Crippen LogP contribution is -2.43. The van der Waals surface area contributed by atoms with Crippen LogP contribution < -0.4 is 5.32 Å². The Balaban J connectivity index is 1.35. The van der Waals surface area contributed by atoms with Gasteiger partial charge >= 0.3 is 0 Å². The molecule has 0 saturated carbocycles. The van der Waals surface area contributed by atoms with Gasteiger partial charge in [-0.15, -0.1) is 0 Å². The topological polar surface area (TPSA) is 93.7 Å². The van der Waals surface area contributed by atoms with Crippen LogP contribution in [-0.4, -0.2) is 59.0 Å². The van der Waals surface area contributed by atoms with Gasteiger partial charge in [0.25, 0.3) is 11.8 Å². The Labute approximate surface area is 181 Å². The molecule has 1 unspecified atom stereocenters. The molecular weight excluding hydrogens is 396 g/mol. The average molecular weight is 422 g/mol. The molecule has 2 saturated heterocycles. The summed E-state index contributed by atoms with van der Waals surface area (Å²) in [5, 5.41) is 2.98. The predicted octanol–water partition coefficient (Wildman–Crippen LogP) is 1.95. The van der Waals surface area contributed by atoms with Gasteiger partial charge in [-0.3, -0.25) is 9.59 Å². The number of hydrogen-bond acceptors (Lipinski definition) is 6. The van der Waals surface area contributed by atoms with Gasteiger partial charge in [-0.2, -0.15) is 0 Å². The Morgan fingerprint density at radius 1 is 1.06 bits per heavy atom. The Kier molecular flexibility index (Phi) is 5.41. The summed E-state index contributed by atoms with van der Waals surface area (Å²) in [4.78, 5) is 35.8. The Morgan fingerprint density at radius 3 is 2.65 bits per heavy atom. The van der Waals surface area contributed by atoms with Gasteiger partial charge < -0.3 is 19.7 Å². The number of carbonyl (C=O) groups is 2. The molecule has 31 heavy (non-hydrogen) atoms. The second kappa shape index (κ2) is 8.36. The molecule has 2 aromatic rings. The van der Waals surface area contributed by atoms with Crippen molar-refractivity contribution < 1.29 is 19.1 Å². The standard InChI is InChI=1S/C23H26N4O4/c28-21(19-9-24-15-25-10-19)26-11-20-8-23(3-5-30-6-4-23)14-27(20)22(29)16-1-2-17-12-31-13-18(17)7-16/h1-2,7,9-10,15,20H,3-6,8,11-14H2,(H,26,28). The van der Waals surface area contributed by atoms with Gasteiger partial charge in [-0.25, -0.2) is 9.97 Å². The monoisotopic (exact) mass is 422 g/mol. The number of benzene rings is 1. The third-order valence-electron chi connectivity index (χ3n) is 6.72. The van der Waals surface area contributed by atoms with E-state index < -0.39 is 0 Å². The van der Waals surface area contributed by atoms with Crippen LogP contribution in [0.15, 0.2) is 36.9 Å². The van der Waals surface area contributed by atoms with Gasteiger partial charge in [0.2, 0.25) is 0 Å². The third kappa shape index (κ3) is 4.05. The minimum Gasteiger partial charge on any atom is -0.381 e. The predicted molar refractivity (Wildman–Crippen MR) is 111 cm³/mol. The summed E-state index contributed by atoms with van der Waals surface area (Å²) in [5.41, 5.74) is 3.38. The summed E-state index contributed by atoms with van der Waals surface area (Å²) >= 11 is 0. The molecule has 3 aliphatic heterocycles. The van der Waals surface area contributed by atoms with Crippen LogP contribution in [0.25, 0.3) is 0 Å². The van der Waals surface area contributed by atoms with Crippen molar-refractivity contribution in [3.63, 3.8) is 0 Å². The molecule has 3 aliphatic rings. The molecule has 0 bridgehead atoms. The van der Waals surface area contributed by atoms with Crippen LogP contribution in [-0.2, 0) is 22.7 Å². The van der Waals surface area contributed by atoms with Crippen molar-refractivity contribution in [2.45, 2.75) is 38.5 Å². The first-order valence-corrected chi connectivity index (χ1v) is 10.8. The maximum atomic E-state index is 13.5. The fourth-order valence-corrected chi connectivity index (χ4v) is 4.95. The van der Waals surface area contributed by atoms with Crippen molar-refractivity contribution in [3.05, 3.63) is 59.2 Å². The van der Waals surface area contributed by atoms with E-state index >= 15 is 0 Å². The molecule has 8 heteroatoms. The van der Waals surface area contributed by atoms with Crippen molar-refractivity contribution >= 4 is 11.8 Å². The number of amides is 2. The summed E-state index contributed by atoms with van der Waals surface area (Å²) < 4.78 is 11.1. The number of carbonyl (C=O) groups excluding carboxylic acids is 2. The van der Waals surface area contributed by atoms with E-state index in [2.05, 4.69) is 15.3 Å². The van der Waals surface area contributed by atoms with Crippen LogP contribution in [0, 0.1) is 5.41 Å². The highest BCUT2D eigenvalue weighted by Crippen LogP contribution is 2.43. The Morgan fingerprint density at radius 2 is 1.84 bits per heavy atom. The van der Waals surface area contributed by atoms with Crippen LogP contribution in [0.3, 0.4) is 0 Å². The van der Waals surface area contributed by atoms with E-state index in [9.17, 15) is 9.59 Å². The lowest BCUT2D eigenvalue weighted by molar-refractivity contribution is 0.0190. The normalized spacial score (nSPS) is 21.8. The van der Waals surface area contributed by atoms with Crippen molar-refractivity contribution in [3.8, 4) is 0 Å². The third-order valence-corrected chi connectivity index (χ3v) is 6.72. The molecule has 1 spiro atoms.